The highest BCUT2D eigenvalue weighted by Crippen LogP contribution is 2.33. The summed E-state index contributed by atoms with van der Waals surface area (Å²) in [5, 5.41) is 7.19. The molecule has 1 saturated heterocycles. The maximum atomic E-state index is 13.6. The number of rotatable bonds is 11. The molecule has 0 atom stereocenters. The second-order valence-electron chi connectivity index (χ2n) is 11.1. The Morgan fingerprint density at radius 2 is 1.61 bits per heavy atom. The highest BCUT2D eigenvalue weighted by Gasteiger charge is 2.43. The molecule has 2 aromatic carbocycles. The van der Waals surface area contributed by atoms with Crippen LogP contribution in [0.25, 0.3) is 0 Å². The molecule has 3 rings (SSSR count). The van der Waals surface area contributed by atoms with Crippen LogP contribution in [0.3, 0.4) is 0 Å². The Bertz CT molecular complexity index is 1190. The zero-order valence-electron chi connectivity index (χ0n) is 24.1. The first-order chi connectivity index (χ1) is 19.4. The fraction of sp³-hybridized carbons (Fsp3) is 0.467. The van der Waals surface area contributed by atoms with E-state index >= 15 is 0 Å². The molecule has 1 fully saturated rings. The van der Waals surface area contributed by atoms with E-state index < -0.39 is 17.1 Å². The largest absolute Gasteiger partial charge is 0.444 e. The number of halogens is 1. The van der Waals surface area contributed by atoms with E-state index in [4.69, 9.17) is 21.2 Å². The molecule has 4 amide bonds. The van der Waals surface area contributed by atoms with Crippen molar-refractivity contribution >= 4 is 41.6 Å². The minimum absolute atomic E-state index is 0.0636. The molecule has 2 N–H and O–H groups in total. The number of nitrogens with zero attached hydrogens (tertiary/aromatic N) is 2. The number of anilines is 1. The Balaban J connectivity index is 1.68. The van der Waals surface area contributed by atoms with Crippen LogP contribution in [0.5, 0.6) is 0 Å². The topological polar surface area (TPSA) is 117 Å². The summed E-state index contributed by atoms with van der Waals surface area (Å²) in [7, 11) is 0. The Morgan fingerprint density at radius 1 is 1.00 bits per heavy atom. The van der Waals surface area contributed by atoms with E-state index in [1.54, 1.807) is 49.9 Å². The van der Waals surface area contributed by atoms with Crippen molar-refractivity contribution < 1.29 is 28.8 Å². The van der Waals surface area contributed by atoms with Gasteiger partial charge in [0, 0.05) is 24.7 Å². The number of alkyl carbamates (subject to hydrolysis) is 1. The molecule has 0 aromatic heterocycles. The van der Waals surface area contributed by atoms with Gasteiger partial charge >= 0.3 is 6.09 Å². The van der Waals surface area contributed by atoms with Gasteiger partial charge in [0.05, 0.1) is 17.7 Å². The summed E-state index contributed by atoms with van der Waals surface area (Å²) in [4.78, 5) is 57.8. The molecule has 1 aliphatic rings. The number of carbonyl (C=O) groups is 4. The zero-order chi connectivity index (χ0) is 30.0. The fourth-order valence-electron chi connectivity index (χ4n) is 4.40. The number of nitrogens with one attached hydrogen (secondary N) is 2. The molecule has 1 heterocycles. The minimum Gasteiger partial charge on any atom is -0.444 e. The lowest BCUT2D eigenvalue weighted by Gasteiger charge is -2.40. The maximum absolute atomic E-state index is 13.6. The van der Waals surface area contributed by atoms with Crippen LogP contribution >= 0.6 is 11.6 Å². The highest BCUT2D eigenvalue weighted by atomic mass is 35.5. The average molecular weight is 587 g/mol. The average Bonchev–Trinajstić information content (AvgIpc) is 2.95. The smallest absolute Gasteiger partial charge is 0.408 e. The molecule has 222 valence electrons. The molecule has 41 heavy (non-hydrogen) atoms. The lowest BCUT2D eigenvalue weighted by molar-refractivity contribution is -0.145. The van der Waals surface area contributed by atoms with Gasteiger partial charge in [-0.2, -0.15) is 5.06 Å². The standard InChI is InChI=1S/C30H39ClN4O6/c1-5-22-8-12-25(13-9-22)35(21-36)40-20-30(27(38)32-18-23-6-10-24(31)11-7-23)14-16-34(17-15-30)26(37)19-33-28(39)41-29(2,3)4/h6-13,21H,5,14-20H2,1-4H3,(H,32,38)(H,33,39). The van der Waals surface area contributed by atoms with Crippen molar-refractivity contribution in [3.8, 4) is 0 Å². The van der Waals surface area contributed by atoms with Gasteiger partial charge in [-0.1, -0.05) is 42.8 Å². The van der Waals surface area contributed by atoms with Gasteiger partial charge in [0.2, 0.25) is 18.2 Å². The van der Waals surface area contributed by atoms with Crippen molar-refractivity contribution in [2.45, 2.75) is 59.1 Å². The summed E-state index contributed by atoms with van der Waals surface area (Å²) in [6, 6.07) is 14.6. The van der Waals surface area contributed by atoms with Gasteiger partial charge in [0.15, 0.2) is 0 Å². The SMILES string of the molecule is CCc1ccc(N(C=O)OCC2(C(=O)NCc3ccc(Cl)cc3)CCN(C(=O)CNC(=O)OC(C)(C)C)CC2)cc1. The molecule has 0 bridgehead atoms. The number of aryl methyl sites for hydroxylation is 1. The van der Waals surface area contributed by atoms with Crippen LogP contribution in [0.4, 0.5) is 10.5 Å². The van der Waals surface area contributed by atoms with Gasteiger partial charge in [-0.3, -0.25) is 19.2 Å². The number of hydrogen-bond acceptors (Lipinski definition) is 6. The van der Waals surface area contributed by atoms with E-state index in [9.17, 15) is 19.2 Å². The first-order valence-corrected chi connectivity index (χ1v) is 14.1. The molecule has 0 aliphatic carbocycles. The summed E-state index contributed by atoms with van der Waals surface area (Å²) in [5.74, 6) is -0.518. The highest BCUT2D eigenvalue weighted by molar-refractivity contribution is 6.30. The third-order valence-corrected chi connectivity index (χ3v) is 7.13. The van der Waals surface area contributed by atoms with Crippen molar-refractivity contribution in [3.05, 3.63) is 64.7 Å². The van der Waals surface area contributed by atoms with Crippen LogP contribution in [0.15, 0.2) is 48.5 Å². The Labute approximate surface area is 246 Å². The minimum atomic E-state index is -0.994. The normalized spacial score (nSPS) is 14.6. The van der Waals surface area contributed by atoms with Crippen LogP contribution < -0.4 is 15.7 Å². The fourth-order valence-corrected chi connectivity index (χ4v) is 4.53. The van der Waals surface area contributed by atoms with E-state index in [0.717, 1.165) is 22.6 Å². The number of ether oxygens (including phenoxy) is 1. The van der Waals surface area contributed by atoms with E-state index in [1.807, 2.05) is 31.2 Å². The summed E-state index contributed by atoms with van der Waals surface area (Å²) in [5.41, 5.74) is 0.882. The Morgan fingerprint density at radius 3 is 2.17 bits per heavy atom. The molecule has 0 radical (unpaired) electrons. The number of carbonyl (C=O) groups excluding carboxylic acids is 4. The first-order valence-electron chi connectivity index (χ1n) is 13.7. The van der Waals surface area contributed by atoms with Crippen molar-refractivity contribution in [2.24, 2.45) is 5.41 Å². The van der Waals surface area contributed by atoms with E-state index in [2.05, 4.69) is 10.6 Å². The third-order valence-electron chi connectivity index (χ3n) is 6.88. The predicted molar refractivity (Wildman–Crippen MR) is 156 cm³/mol. The molecule has 1 aliphatic heterocycles. The van der Waals surface area contributed by atoms with Crippen molar-refractivity contribution in [1.29, 1.82) is 0 Å². The number of hydrogen-bond donors (Lipinski definition) is 2. The van der Waals surface area contributed by atoms with Gasteiger partial charge in [0.25, 0.3) is 0 Å². The second-order valence-corrected chi connectivity index (χ2v) is 11.5. The van der Waals surface area contributed by atoms with Crippen LogP contribution in [0.1, 0.15) is 51.7 Å². The van der Waals surface area contributed by atoms with Gasteiger partial charge < -0.3 is 20.3 Å². The lowest BCUT2D eigenvalue weighted by Crippen LogP contribution is -2.54. The van der Waals surface area contributed by atoms with Gasteiger partial charge in [-0.15, -0.1) is 0 Å². The predicted octanol–water partition coefficient (Wildman–Crippen LogP) is 4.25. The van der Waals surface area contributed by atoms with Crippen molar-refractivity contribution in [3.63, 3.8) is 0 Å². The quantitative estimate of drug-likeness (QED) is 0.300. The van der Waals surface area contributed by atoms with Crippen molar-refractivity contribution in [1.82, 2.24) is 15.5 Å². The summed E-state index contributed by atoms with van der Waals surface area (Å²) in [6.07, 6.45) is 1.37. The molecule has 10 nitrogen and oxygen atoms in total. The summed E-state index contributed by atoms with van der Waals surface area (Å²) < 4.78 is 5.19. The number of amides is 4. The third kappa shape index (κ3) is 9.47. The summed E-state index contributed by atoms with van der Waals surface area (Å²) in [6.45, 7) is 7.83. The van der Waals surface area contributed by atoms with Gasteiger partial charge in [0.1, 0.15) is 12.1 Å². The number of benzene rings is 2. The first kappa shape index (κ1) is 31.9. The second kappa shape index (κ2) is 14.3. The summed E-state index contributed by atoms with van der Waals surface area (Å²) >= 11 is 5.98. The van der Waals surface area contributed by atoms with Crippen LogP contribution in [0, 0.1) is 5.41 Å². The number of piperidine rings is 1. The van der Waals surface area contributed by atoms with Crippen molar-refractivity contribution in [2.75, 3.05) is 31.3 Å². The van der Waals surface area contributed by atoms with Crippen LogP contribution in [-0.4, -0.2) is 61.1 Å². The molecular formula is C30H39ClN4O6. The molecule has 2 aromatic rings. The molecular weight excluding hydrogens is 548 g/mol. The Hall–Kier alpha value is -3.63. The maximum Gasteiger partial charge on any atom is 0.408 e. The molecule has 0 saturated carbocycles. The van der Waals surface area contributed by atoms with E-state index in [0.29, 0.717) is 30.0 Å². The number of hydroxylamine groups is 1. The van der Waals surface area contributed by atoms with Gasteiger partial charge in [-0.05, 0) is 75.4 Å². The molecule has 11 heteroatoms. The molecule has 0 unspecified atom stereocenters. The van der Waals surface area contributed by atoms with E-state index in [-0.39, 0.29) is 44.6 Å². The number of likely N-dealkylation sites (tertiary alicyclic amines) is 1. The molecule has 0 spiro atoms. The zero-order valence-corrected chi connectivity index (χ0v) is 24.8. The Kier molecular flexibility index (Phi) is 11.1. The van der Waals surface area contributed by atoms with Gasteiger partial charge in [-0.25, -0.2) is 4.79 Å². The monoisotopic (exact) mass is 586 g/mol. The van der Waals surface area contributed by atoms with E-state index in [1.165, 1.54) is 0 Å². The lowest BCUT2D eigenvalue weighted by atomic mass is 9.78. The van der Waals surface area contributed by atoms with Crippen LogP contribution in [0.2, 0.25) is 5.02 Å². The van der Waals surface area contributed by atoms with Crippen LogP contribution in [-0.2, 0) is 36.9 Å².